The number of carbonyl (C=O) groups is 1. The van der Waals surface area contributed by atoms with Gasteiger partial charge in [0.1, 0.15) is 12.4 Å². The fraction of sp³-hybridized carbons (Fsp3) is 0.300. The molecule has 0 radical (unpaired) electrons. The minimum atomic E-state index is -0.380. The van der Waals surface area contributed by atoms with Gasteiger partial charge in [0.2, 0.25) is 0 Å². The van der Waals surface area contributed by atoms with Crippen molar-refractivity contribution < 1.29 is 13.9 Å². The van der Waals surface area contributed by atoms with Gasteiger partial charge in [-0.3, -0.25) is 0 Å². The molecule has 0 spiro atoms. The van der Waals surface area contributed by atoms with Gasteiger partial charge in [-0.05, 0) is 60.7 Å². The normalized spacial score (nSPS) is 17.0. The van der Waals surface area contributed by atoms with Crippen molar-refractivity contribution in [2.75, 3.05) is 17.2 Å². The maximum Gasteiger partial charge on any atom is 0.323 e. The van der Waals surface area contributed by atoms with E-state index in [2.05, 4.69) is 22.5 Å². The Morgan fingerprint density at radius 3 is 2.30 bits per heavy atom. The number of nitrogens with one attached hydrogen (secondary N) is 2. The van der Waals surface area contributed by atoms with Crippen LogP contribution in [0, 0.1) is 5.82 Å². The number of carbonyl (C=O) groups excluding carboxylic acids is 1. The summed E-state index contributed by atoms with van der Waals surface area (Å²) in [7, 11) is 0. The van der Waals surface area contributed by atoms with Gasteiger partial charge in [0.05, 0.1) is 6.04 Å². The van der Waals surface area contributed by atoms with Crippen LogP contribution in [0.4, 0.5) is 20.6 Å². The van der Waals surface area contributed by atoms with E-state index in [4.69, 9.17) is 10.5 Å². The molecule has 1 aliphatic rings. The fourth-order valence-electron chi connectivity index (χ4n) is 3.09. The molecule has 4 N–H and O–H groups in total. The highest BCUT2D eigenvalue weighted by molar-refractivity contribution is 5.99. The van der Waals surface area contributed by atoms with Crippen LogP contribution >= 0.6 is 0 Å². The molecule has 2 atom stereocenters. The lowest BCUT2D eigenvalue weighted by atomic mass is 9.90. The first-order valence-corrected chi connectivity index (χ1v) is 8.93. The van der Waals surface area contributed by atoms with Gasteiger partial charge < -0.3 is 21.1 Å². The summed E-state index contributed by atoms with van der Waals surface area (Å²) in [5, 5.41) is 5.43. The first-order chi connectivity index (χ1) is 13.0. The number of aliphatic imine (C=N–C) groups is 1. The van der Waals surface area contributed by atoms with E-state index in [1.807, 2.05) is 24.3 Å². The summed E-state index contributed by atoms with van der Waals surface area (Å²) in [5.74, 6) is -0.00471. The zero-order valence-electron chi connectivity index (χ0n) is 15.1. The van der Waals surface area contributed by atoms with Gasteiger partial charge in [-0.1, -0.05) is 19.1 Å². The molecule has 0 bridgehead atoms. The quantitative estimate of drug-likeness (QED) is 0.716. The molecular formula is C20H23FN4O2. The fourth-order valence-corrected chi connectivity index (χ4v) is 3.09. The van der Waals surface area contributed by atoms with Crippen molar-refractivity contribution in [2.45, 2.75) is 31.7 Å². The lowest BCUT2D eigenvalue weighted by molar-refractivity contribution is 0.262. The average Bonchev–Trinajstić information content (AvgIpc) is 3.07. The van der Waals surface area contributed by atoms with Crippen LogP contribution in [0.2, 0.25) is 0 Å². The summed E-state index contributed by atoms with van der Waals surface area (Å²) in [6.07, 6.45) is 1.85. The molecule has 3 rings (SSSR count). The molecule has 0 saturated heterocycles. The Balaban J connectivity index is 1.57. The Hall–Kier alpha value is -3.09. The highest BCUT2D eigenvalue weighted by Gasteiger charge is 2.21. The molecule has 0 aliphatic carbocycles. The highest BCUT2D eigenvalue weighted by Crippen LogP contribution is 2.28. The molecule has 142 valence electrons. The number of halogens is 1. The van der Waals surface area contributed by atoms with Crippen molar-refractivity contribution in [1.29, 1.82) is 0 Å². The number of rotatable bonds is 6. The predicted molar refractivity (Wildman–Crippen MR) is 104 cm³/mol. The lowest BCUT2D eigenvalue weighted by Gasteiger charge is -2.18. The van der Waals surface area contributed by atoms with Crippen molar-refractivity contribution in [1.82, 2.24) is 0 Å². The molecule has 2 aromatic carbocycles. The Labute approximate surface area is 157 Å². The number of amides is 2. The molecule has 2 aromatic rings. The second-order valence-electron chi connectivity index (χ2n) is 6.48. The summed E-state index contributed by atoms with van der Waals surface area (Å²) in [6, 6.07) is 13.3. The number of ether oxygens (including phenoxy) is 1. The van der Waals surface area contributed by atoms with Crippen LogP contribution in [0.25, 0.3) is 0 Å². The third-order valence-corrected chi connectivity index (χ3v) is 4.52. The Morgan fingerprint density at radius 1 is 1.19 bits per heavy atom. The van der Waals surface area contributed by atoms with Gasteiger partial charge >= 0.3 is 6.03 Å². The molecule has 0 fully saturated rings. The summed E-state index contributed by atoms with van der Waals surface area (Å²) in [6.45, 7) is 2.67. The SMILES string of the molecule is CC[C@@H](C[C@H]1COC(N)=N1)c1ccc(NC(=O)Nc2ccc(F)cc2)cc1. The second-order valence-corrected chi connectivity index (χ2v) is 6.48. The van der Waals surface area contributed by atoms with Gasteiger partial charge in [-0.2, -0.15) is 0 Å². The molecule has 7 heteroatoms. The van der Waals surface area contributed by atoms with E-state index in [1.165, 1.54) is 29.8 Å². The van der Waals surface area contributed by atoms with Crippen LogP contribution in [0.5, 0.6) is 0 Å². The van der Waals surface area contributed by atoms with Gasteiger partial charge in [0, 0.05) is 11.4 Å². The van der Waals surface area contributed by atoms with E-state index < -0.39 is 0 Å². The number of nitrogens with zero attached hydrogens (tertiary/aromatic N) is 1. The molecule has 1 heterocycles. The van der Waals surface area contributed by atoms with Crippen molar-refractivity contribution in [2.24, 2.45) is 10.7 Å². The Kier molecular flexibility index (Phi) is 5.90. The lowest BCUT2D eigenvalue weighted by Crippen LogP contribution is -2.19. The average molecular weight is 370 g/mol. The third kappa shape index (κ3) is 5.20. The minimum absolute atomic E-state index is 0.0919. The molecule has 2 amide bonds. The van der Waals surface area contributed by atoms with Crippen LogP contribution in [-0.4, -0.2) is 24.7 Å². The van der Waals surface area contributed by atoms with E-state index in [9.17, 15) is 9.18 Å². The van der Waals surface area contributed by atoms with E-state index >= 15 is 0 Å². The molecule has 1 aliphatic heterocycles. The standard InChI is InChI=1S/C20H23FN4O2/c1-2-13(11-18-12-27-19(22)23-18)14-3-7-16(8-4-14)24-20(26)25-17-9-5-15(21)6-10-17/h3-10,13,18H,2,11-12H2,1H3,(H2,22,23)(H2,24,25,26)/t13-,18-/m0/s1. The first-order valence-electron chi connectivity index (χ1n) is 8.93. The zero-order valence-corrected chi connectivity index (χ0v) is 15.1. The predicted octanol–water partition coefficient (Wildman–Crippen LogP) is 4.07. The van der Waals surface area contributed by atoms with Gasteiger partial charge in [-0.25, -0.2) is 14.2 Å². The number of urea groups is 1. The van der Waals surface area contributed by atoms with E-state index in [0.717, 1.165) is 12.8 Å². The van der Waals surface area contributed by atoms with Crippen LogP contribution in [0.15, 0.2) is 53.5 Å². The third-order valence-electron chi connectivity index (χ3n) is 4.52. The maximum atomic E-state index is 12.9. The molecule has 6 nitrogen and oxygen atoms in total. The number of amidine groups is 1. The van der Waals surface area contributed by atoms with Crippen LogP contribution < -0.4 is 16.4 Å². The van der Waals surface area contributed by atoms with Gasteiger partial charge in [0.25, 0.3) is 6.02 Å². The monoisotopic (exact) mass is 370 g/mol. The van der Waals surface area contributed by atoms with Gasteiger partial charge in [-0.15, -0.1) is 0 Å². The second kappa shape index (κ2) is 8.53. The summed E-state index contributed by atoms with van der Waals surface area (Å²) < 4.78 is 18.1. The first kappa shape index (κ1) is 18.7. The van der Waals surface area contributed by atoms with Crippen molar-refractivity contribution in [3.8, 4) is 0 Å². The number of benzene rings is 2. The summed E-state index contributed by atoms with van der Waals surface area (Å²) in [5.41, 5.74) is 7.96. The topological polar surface area (TPSA) is 88.7 Å². The summed E-state index contributed by atoms with van der Waals surface area (Å²) >= 11 is 0. The number of hydrogen-bond acceptors (Lipinski definition) is 4. The maximum absolute atomic E-state index is 12.9. The van der Waals surface area contributed by atoms with E-state index in [0.29, 0.717) is 23.9 Å². The molecule has 27 heavy (non-hydrogen) atoms. The van der Waals surface area contributed by atoms with Gasteiger partial charge in [0.15, 0.2) is 0 Å². The zero-order chi connectivity index (χ0) is 19.2. The molecule has 0 saturated carbocycles. The molecule has 0 aromatic heterocycles. The number of anilines is 2. The van der Waals surface area contributed by atoms with Crippen LogP contribution in [-0.2, 0) is 4.74 Å². The number of hydrogen-bond donors (Lipinski definition) is 3. The molecule has 0 unspecified atom stereocenters. The van der Waals surface area contributed by atoms with Crippen molar-refractivity contribution >= 4 is 23.4 Å². The van der Waals surface area contributed by atoms with Crippen LogP contribution in [0.3, 0.4) is 0 Å². The van der Waals surface area contributed by atoms with Crippen molar-refractivity contribution in [3.63, 3.8) is 0 Å². The van der Waals surface area contributed by atoms with E-state index in [1.54, 1.807) is 0 Å². The van der Waals surface area contributed by atoms with Crippen LogP contribution in [0.1, 0.15) is 31.2 Å². The highest BCUT2D eigenvalue weighted by atomic mass is 19.1. The number of nitrogens with two attached hydrogens (primary N) is 1. The Bertz CT molecular complexity index is 806. The summed E-state index contributed by atoms with van der Waals surface area (Å²) in [4.78, 5) is 16.3. The smallest absolute Gasteiger partial charge is 0.323 e. The van der Waals surface area contributed by atoms with E-state index in [-0.39, 0.29) is 23.9 Å². The minimum Gasteiger partial charge on any atom is -0.463 e. The van der Waals surface area contributed by atoms with Crippen molar-refractivity contribution in [3.05, 3.63) is 59.9 Å². The largest absolute Gasteiger partial charge is 0.463 e. The Morgan fingerprint density at radius 2 is 1.78 bits per heavy atom. The molecular weight excluding hydrogens is 347 g/mol.